The van der Waals surface area contributed by atoms with Gasteiger partial charge in [-0.15, -0.1) is 0 Å². The van der Waals surface area contributed by atoms with Crippen LogP contribution in [0.1, 0.15) is 46.3 Å². The SMILES string of the molecule is Cc1ccc(-c2cc(C(=O)N[C@H]3CCCc4[nH]c(=O)ccc43)on2)cc1. The number of nitrogens with zero attached hydrogens (tertiary/aromatic N) is 1. The van der Waals surface area contributed by atoms with Crippen LogP contribution in [0, 0.1) is 6.92 Å². The molecule has 0 spiro atoms. The Hall–Kier alpha value is -3.15. The van der Waals surface area contributed by atoms with Gasteiger partial charge in [-0.1, -0.05) is 35.0 Å². The number of hydrogen-bond donors (Lipinski definition) is 2. The van der Waals surface area contributed by atoms with E-state index in [0.29, 0.717) is 5.69 Å². The van der Waals surface area contributed by atoms with Crippen LogP contribution in [0.5, 0.6) is 0 Å². The summed E-state index contributed by atoms with van der Waals surface area (Å²) in [6, 6.07) is 12.7. The number of fused-ring (bicyclic) bond motifs is 1. The average molecular weight is 349 g/mol. The molecule has 2 heterocycles. The standard InChI is InChI=1S/C20H19N3O3/c1-12-5-7-13(8-6-12)17-11-18(26-23-17)20(25)22-16-4-2-3-15-14(16)9-10-19(24)21-15/h5-11,16H,2-4H2,1H3,(H,21,24)(H,22,25)/t16-/m0/s1. The molecule has 0 unspecified atom stereocenters. The minimum Gasteiger partial charge on any atom is -0.350 e. The van der Waals surface area contributed by atoms with Crippen LogP contribution < -0.4 is 10.9 Å². The molecule has 1 aromatic carbocycles. The van der Waals surface area contributed by atoms with E-state index in [9.17, 15) is 9.59 Å². The zero-order valence-corrected chi connectivity index (χ0v) is 14.4. The van der Waals surface area contributed by atoms with Gasteiger partial charge >= 0.3 is 0 Å². The van der Waals surface area contributed by atoms with Crippen molar-refractivity contribution in [2.24, 2.45) is 0 Å². The van der Waals surface area contributed by atoms with E-state index in [4.69, 9.17) is 4.52 Å². The van der Waals surface area contributed by atoms with Gasteiger partial charge in [0.2, 0.25) is 11.3 Å². The molecule has 6 nitrogen and oxygen atoms in total. The molecule has 132 valence electrons. The van der Waals surface area contributed by atoms with Crippen LogP contribution in [0.2, 0.25) is 0 Å². The second-order valence-electron chi connectivity index (χ2n) is 6.62. The van der Waals surface area contributed by atoms with Gasteiger partial charge in [0.05, 0.1) is 6.04 Å². The summed E-state index contributed by atoms with van der Waals surface area (Å²) in [5.74, 6) is -0.128. The van der Waals surface area contributed by atoms with Crippen molar-refractivity contribution in [3.05, 3.63) is 75.4 Å². The largest absolute Gasteiger partial charge is 0.350 e. The van der Waals surface area contributed by atoms with Gasteiger partial charge in [0.1, 0.15) is 5.69 Å². The smallest absolute Gasteiger partial charge is 0.290 e. The maximum Gasteiger partial charge on any atom is 0.290 e. The van der Waals surface area contributed by atoms with Crippen molar-refractivity contribution in [2.45, 2.75) is 32.2 Å². The van der Waals surface area contributed by atoms with Crippen LogP contribution in [-0.4, -0.2) is 16.0 Å². The van der Waals surface area contributed by atoms with Crippen LogP contribution in [0.15, 0.2) is 51.8 Å². The quantitative estimate of drug-likeness (QED) is 0.760. The molecule has 2 N–H and O–H groups in total. The van der Waals surface area contributed by atoms with E-state index < -0.39 is 0 Å². The predicted molar refractivity (Wildman–Crippen MR) is 96.9 cm³/mol. The first-order chi connectivity index (χ1) is 12.6. The van der Waals surface area contributed by atoms with E-state index >= 15 is 0 Å². The Labute approximate surface area is 150 Å². The third-order valence-corrected chi connectivity index (χ3v) is 4.72. The Morgan fingerprint density at radius 3 is 2.85 bits per heavy atom. The van der Waals surface area contributed by atoms with Crippen molar-refractivity contribution in [2.75, 3.05) is 0 Å². The molecule has 4 rings (SSSR count). The fourth-order valence-electron chi connectivity index (χ4n) is 3.32. The zero-order chi connectivity index (χ0) is 18.1. The van der Waals surface area contributed by atoms with E-state index in [1.165, 1.54) is 6.07 Å². The number of aromatic nitrogens is 2. The minimum absolute atomic E-state index is 0.117. The molecule has 0 saturated carbocycles. The molecule has 26 heavy (non-hydrogen) atoms. The number of H-pyrrole nitrogens is 1. The number of benzene rings is 1. The molecule has 0 aliphatic heterocycles. The van der Waals surface area contributed by atoms with Crippen LogP contribution in [0.25, 0.3) is 11.3 Å². The van der Waals surface area contributed by atoms with Crippen molar-refractivity contribution < 1.29 is 9.32 Å². The van der Waals surface area contributed by atoms with E-state index in [1.54, 1.807) is 12.1 Å². The lowest BCUT2D eigenvalue weighted by Gasteiger charge is -2.25. The Bertz CT molecular complexity index is 1000. The van der Waals surface area contributed by atoms with Gasteiger partial charge in [0.25, 0.3) is 5.91 Å². The van der Waals surface area contributed by atoms with Gasteiger partial charge in [0.15, 0.2) is 0 Å². The van der Waals surface area contributed by atoms with Crippen molar-refractivity contribution in [1.82, 2.24) is 15.5 Å². The summed E-state index contributed by atoms with van der Waals surface area (Å²) in [4.78, 5) is 26.9. The Morgan fingerprint density at radius 1 is 1.23 bits per heavy atom. The zero-order valence-electron chi connectivity index (χ0n) is 14.4. The number of nitrogens with one attached hydrogen (secondary N) is 2. The summed E-state index contributed by atoms with van der Waals surface area (Å²) in [7, 11) is 0. The molecule has 1 amide bonds. The number of amides is 1. The summed E-state index contributed by atoms with van der Waals surface area (Å²) < 4.78 is 5.24. The molecule has 1 aliphatic rings. The van der Waals surface area contributed by atoms with E-state index in [-0.39, 0.29) is 23.3 Å². The molecule has 0 saturated heterocycles. The monoisotopic (exact) mass is 349 g/mol. The lowest BCUT2D eigenvalue weighted by molar-refractivity contribution is 0.0895. The first kappa shape index (κ1) is 16.3. The van der Waals surface area contributed by atoms with Crippen LogP contribution >= 0.6 is 0 Å². The molecular formula is C20H19N3O3. The van der Waals surface area contributed by atoms with Gasteiger partial charge < -0.3 is 14.8 Å². The summed E-state index contributed by atoms with van der Waals surface area (Å²) in [6.07, 6.45) is 2.55. The summed E-state index contributed by atoms with van der Waals surface area (Å²) in [5.41, 5.74) is 4.43. The molecule has 0 fully saturated rings. The summed E-state index contributed by atoms with van der Waals surface area (Å²) in [6.45, 7) is 2.01. The number of carbonyl (C=O) groups is 1. The molecule has 1 aliphatic carbocycles. The maximum atomic E-state index is 12.6. The summed E-state index contributed by atoms with van der Waals surface area (Å²) >= 11 is 0. The number of aryl methyl sites for hydroxylation is 2. The van der Waals surface area contributed by atoms with E-state index in [1.807, 2.05) is 31.2 Å². The average Bonchev–Trinajstić information content (AvgIpc) is 3.12. The highest BCUT2D eigenvalue weighted by Gasteiger charge is 2.24. The number of hydrogen-bond acceptors (Lipinski definition) is 4. The first-order valence-corrected chi connectivity index (χ1v) is 8.67. The van der Waals surface area contributed by atoms with Crippen molar-refractivity contribution in [1.29, 1.82) is 0 Å². The molecule has 2 aromatic heterocycles. The topological polar surface area (TPSA) is 88.0 Å². The minimum atomic E-state index is -0.306. The number of aromatic amines is 1. The maximum absolute atomic E-state index is 12.6. The van der Waals surface area contributed by atoms with Crippen molar-refractivity contribution in [3.8, 4) is 11.3 Å². The van der Waals surface area contributed by atoms with Gasteiger partial charge in [0, 0.05) is 23.4 Å². The van der Waals surface area contributed by atoms with Gasteiger partial charge in [-0.2, -0.15) is 0 Å². The second-order valence-corrected chi connectivity index (χ2v) is 6.62. The third-order valence-electron chi connectivity index (χ3n) is 4.72. The van der Waals surface area contributed by atoms with Crippen molar-refractivity contribution >= 4 is 5.91 Å². The molecule has 6 heteroatoms. The Kier molecular flexibility index (Phi) is 4.16. The number of carbonyl (C=O) groups excluding carboxylic acids is 1. The lowest BCUT2D eigenvalue weighted by atomic mass is 9.91. The molecule has 3 aromatic rings. The fraction of sp³-hybridized carbons (Fsp3) is 0.250. The van der Waals surface area contributed by atoms with Gasteiger partial charge in [-0.05, 0) is 37.8 Å². The third kappa shape index (κ3) is 3.18. The molecular weight excluding hydrogens is 330 g/mol. The van der Waals surface area contributed by atoms with Gasteiger partial charge in [-0.3, -0.25) is 9.59 Å². The second kappa shape index (κ2) is 6.63. The number of pyridine rings is 1. The first-order valence-electron chi connectivity index (χ1n) is 8.67. The molecule has 0 radical (unpaired) electrons. The Morgan fingerprint density at radius 2 is 2.04 bits per heavy atom. The number of rotatable bonds is 3. The predicted octanol–water partition coefficient (Wildman–Crippen LogP) is 3.15. The van der Waals surface area contributed by atoms with Crippen LogP contribution in [0.4, 0.5) is 0 Å². The van der Waals surface area contributed by atoms with Crippen molar-refractivity contribution in [3.63, 3.8) is 0 Å². The molecule has 0 bridgehead atoms. The highest BCUT2D eigenvalue weighted by Crippen LogP contribution is 2.28. The Balaban J connectivity index is 1.53. The molecule has 1 atom stereocenters. The highest BCUT2D eigenvalue weighted by molar-refractivity contribution is 5.92. The van der Waals surface area contributed by atoms with E-state index in [0.717, 1.165) is 41.6 Å². The normalized spacial score (nSPS) is 16.1. The van der Waals surface area contributed by atoms with Gasteiger partial charge in [-0.25, -0.2) is 0 Å². The van der Waals surface area contributed by atoms with Crippen LogP contribution in [-0.2, 0) is 6.42 Å². The summed E-state index contributed by atoms with van der Waals surface area (Å²) in [5, 5.41) is 6.99. The highest BCUT2D eigenvalue weighted by atomic mass is 16.5. The lowest BCUT2D eigenvalue weighted by Crippen LogP contribution is -2.32. The van der Waals surface area contributed by atoms with E-state index in [2.05, 4.69) is 15.5 Å². The van der Waals surface area contributed by atoms with Crippen LogP contribution in [0.3, 0.4) is 0 Å². The fourth-order valence-corrected chi connectivity index (χ4v) is 3.32.